The molecule has 2 amide bonds. The van der Waals surface area contributed by atoms with E-state index >= 15 is 0 Å². The molecule has 1 saturated heterocycles. The number of nitrogens with zero attached hydrogens (tertiary/aromatic N) is 1. The van der Waals surface area contributed by atoms with Gasteiger partial charge in [0, 0.05) is 36.5 Å². The normalized spacial score (nSPS) is 27.3. The summed E-state index contributed by atoms with van der Waals surface area (Å²) in [7, 11) is 0. The summed E-state index contributed by atoms with van der Waals surface area (Å²) in [5.74, 6) is 1.55. The molecule has 2 heterocycles. The highest BCUT2D eigenvalue weighted by atomic mass is 32.1. The average molecular weight is 334 g/mol. The van der Waals surface area contributed by atoms with E-state index in [0.29, 0.717) is 30.5 Å². The van der Waals surface area contributed by atoms with Crippen molar-refractivity contribution in [2.75, 3.05) is 13.1 Å². The minimum absolute atomic E-state index is 0.0816. The van der Waals surface area contributed by atoms with E-state index in [1.807, 2.05) is 10.8 Å². The Morgan fingerprint density at radius 3 is 2.91 bits per heavy atom. The third-order valence-corrected chi connectivity index (χ3v) is 6.15. The summed E-state index contributed by atoms with van der Waals surface area (Å²) in [6.07, 6.45) is 6.50. The van der Waals surface area contributed by atoms with Gasteiger partial charge in [-0.3, -0.25) is 9.59 Å². The zero-order valence-electron chi connectivity index (χ0n) is 13.8. The molecule has 0 bridgehead atoms. The maximum absolute atomic E-state index is 12.6. The van der Waals surface area contributed by atoms with Crippen molar-refractivity contribution in [3.8, 4) is 0 Å². The number of rotatable bonds is 4. The van der Waals surface area contributed by atoms with Gasteiger partial charge in [-0.05, 0) is 42.5 Å². The van der Waals surface area contributed by atoms with Crippen LogP contribution in [0.2, 0.25) is 0 Å². The summed E-state index contributed by atoms with van der Waals surface area (Å²) >= 11 is 1.51. The second-order valence-electron chi connectivity index (χ2n) is 6.89. The molecule has 3 atom stereocenters. The van der Waals surface area contributed by atoms with Crippen LogP contribution in [0, 0.1) is 11.8 Å². The largest absolute Gasteiger partial charge is 0.351 e. The molecule has 23 heavy (non-hydrogen) atoms. The van der Waals surface area contributed by atoms with Crippen molar-refractivity contribution in [3.63, 3.8) is 0 Å². The summed E-state index contributed by atoms with van der Waals surface area (Å²) in [4.78, 5) is 26.6. The molecule has 0 radical (unpaired) electrons. The van der Waals surface area contributed by atoms with Gasteiger partial charge in [0.15, 0.2) is 0 Å². The van der Waals surface area contributed by atoms with Gasteiger partial charge >= 0.3 is 0 Å². The molecule has 0 unspecified atom stereocenters. The molecule has 0 aromatic carbocycles. The predicted molar refractivity (Wildman–Crippen MR) is 92.5 cm³/mol. The SMILES string of the molecule is C[C@@H]1CCN(C(=O)CCNC(=O)c2ccsc2)[C@H]2CCCC[C@H]12. The number of fused-ring (bicyclic) bond motifs is 1. The number of thiophene rings is 1. The lowest BCUT2D eigenvalue weighted by atomic mass is 9.72. The third kappa shape index (κ3) is 3.77. The molecular weight excluding hydrogens is 308 g/mol. The quantitative estimate of drug-likeness (QED) is 0.918. The molecule has 1 aliphatic carbocycles. The number of nitrogens with one attached hydrogen (secondary N) is 1. The van der Waals surface area contributed by atoms with Crippen molar-refractivity contribution in [2.24, 2.45) is 11.8 Å². The third-order valence-electron chi connectivity index (χ3n) is 5.47. The Bertz CT molecular complexity index is 543. The Labute approximate surface area is 142 Å². The number of amides is 2. The first-order valence-corrected chi connectivity index (χ1v) is 9.71. The van der Waals surface area contributed by atoms with E-state index in [0.717, 1.165) is 25.3 Å². The van der Waals surface area contributed by atoms with Gasteiger partial charge in [-0.25, -0.2) is 0 Å². The zero-order chi connectivity index (χ0) is 16.2. The molecule has 1 aliphatic heterocycles. The van der Waals surface area contributed by atoms with E-state index in [4.69, 9.17) is 0 Å². The molecule has 5 heteroatoms. The lowest BCUT2D eigenvalue weighted by molar-refractivity contribution is -0.138. The molecule has 126 valence electrons. The minimum atomic E-state index is -0.0816. The number of carbonyl (C=O) groups excluding carboxylic acids is 2. The minimum Gasteiger partial charge on any atom is -0.351 e. The smallest absolute Gasteiger partial charge is 0.252 e. The molecule has 4 nitrogen and oxygen atoms in total. The van der Waals surface area contributed by atoms with Crippen molar-refractivity contribution < 1.29 is 9.59 Å². The van der Waals surface area contributed by atoms with Crippen molar-refractivity contribution in [3.05, 3.63) is 22.4 Å². The molecule has 2 aliphatic rings. The lowest BCUT2D eigenvalue weighted by Gasteiger charge is -2.47. The first-order chi connectivity index (χ1) is 11.2. The standard InChI is InChI=1S/C18H26N2O2S/c1-13-7-10-20(16-5-3-2-4-15(13)16)17(21)6-9-19-18(22)14-8-11-23-12-14/h8,11-13,15-16H,2-7,9-10H2,1H3,(H,19,22)/t13-,15-,16+/m1/s1. The first-order valence-electron chi connectivity index (χ1n) is 8.76. The van der Waals surface area contributed by atoms with Crippen LogP contribution >= 0.6 is 11.3 Å². The van der Waals surface area contributed by atoms with Crippen LogP contribution in [0.15, 0.2) is 16.8 Å². The van der Waals surface area contributed by atoms with Gasteiger partial charge in [-0.2, -0.15) is 11.3 Å². The van der Waals surface area contributed by atoms with E-state index in [9.17, 15) is 9.59 Å². The van der Waals surface area contributed by atoms with Crippen LogP contribution in [0.5, 0.6) is 0 Å². The van der Waals surface area contributed by atoms with Gasteiger partial charge in [0.25, 0.3) is 5.91 Å². The highest BCUT2D eigenvalue weighted by Crippen LogP contribution is 2.38. The van der Waals surface area contributed by atoms with E-state index < -0.39 is 0 Å². The second-order valence-corrected chi connectivity index (χ2v) is 7.67. The molecule has 1 aromatic rings. The summed E-state index contributed by atoms with van der Waals surface area (Å²) < 4.78 is 0. The fourth-order valence-electron chi connectivity index (χ4n) is 4.15. The number of hydrogen-bond acceptors (Lipinski definition) is 3. The highest BCUT2D eigenvalue weighted by molar-refractivity contribution is 7.08. The van der Waals surface area contributed by atoms with Crippen LogP contribution < -0.4 is 5.32 Å². The van der Waals surface area contributed by atoms with Gasteiger partial charge in [0.2, 0.25) is 5.91 Å². The van der Waals surface area contributed by atoms with Crippen LogP contribution in [-0.2, 0) is 4.79 Å². The molecule has 1 N–H and O–H groups in total. The number of hydrogen-bond donors (Lipinski definition) is 1. The van der Waals surface area contributed by atoms with E-state index in [1.54, 1.807) is 6.07 Å². The fourth-order valence-corrected chi connectivity index (χ4v) is 4.78. The predicted octanol–water partition coefficient (Wildman–Crippen LogP) is 3.30. The summed E-state index contributed by atoms with van der Waals surface area (Å²) in [6, 6.07) is 2.24. The molecule has 2 fully saturated rings. The Balaban J connectivity index is 1.50. The Morgan fingerprint density at radius 1 is 1.30 bits per heavy atom. The second kappa shape index (κ2) is 7.47. The van der Waals surface area contributed by atoms with E-state index in [-0.39, 0.29) is 11.8 Å². The van der Waals surface area contributed by atoms with Crippen LogP contribution in [0.4, 0.5) is 0 Å². The van der Waals surface area contributed by atoms with E-state index in [1.165, 1.54) is 30.6 Å². The number of carbonyl (C=O) groups is 2. The van der Waals surface area contributed by atoms with Crippen LogP contribution in [-0.4, -0.2) is 35.8 Å². The molecule has 1 aromatic heterocycles. The Kier molecular flexibility index (Phi) is 5.36. The monoisotopic (exact) mass is 334 g/mol. The van der Waals surface area contributed by atoms with Crippen LogP contribution in [0.3, 0.4) is 0 Å². The molecule has 0 spiro atoms. The van der Waals surface area contributed by atoms with Gasteiger partial charge in [-0.15, -0.1) is 0 Å². The van der Waals surface area contributed by atoms with Crippen LogP contribution in [0.1, 0.15) is 55.8 Å². The summed E-state index contributed by atoms with van der Waals surface area (Å²) in [6.45, 7) is 3.66. The Hall–Kier alpha value is -1.36. The van der Waals surface area contributed by atoms with E-state index in [2.05, 4.69) is 17.1 Å². The fraction of sp³-hybridized carbons (Fsp3) is 0.667. The van der Waals surface area contributed by atoms with Crippen molar-refractivity contribution in [1.29, 1.82) is 0 Å². The summed E-state index contributed by atoms with van der Waals surface area (Å²) in [5.41, 5.74) is 0.682. The lowest BCUT2D eigenvalue weighted by Crippen LogP contribution is -2.52. The number of likely N-dealkylation sites (tertiary alicyclic amines) is 1. The maximum Gasteiger partial charge on any atom is 0.252 e. The molecule has 1 saturated carbocycles. The van der Waals surface area contributed by atoms with Crippen molar-refractivity contribution in [2.45, 2.75) is 51.5 Å². The molecule has 3 rings (SSSR count). The van der Waals surface area contributed by atoms with Crippen molar-refractivity contribution in [1.82, 2.24) is 10.2 Å². The zero-order valence-corrected chi connectivity index (χ0v) is 14.6. The highest BCUT2D eigenvalue weighted by Gasteiger charge is 2.38. The van der Waals surface area contributed by atoms with Gasteiger partial charge in [-0.1, -0.05) is 19.8 Å². The van der Waals surface area contributed by atoms with Gasteiger partial charge in [0.1, 0.15) is 0 Å². The Morgan fingerprint density at radius 2 is 2.13 bits per heavy atom. The van der Waals surface area contributed by atoms with Gasteiger partial charge in [0.05, 0.1) is 0 Å². The maximum atomic E-state index is 12.6. The topological polar surface area (TPSA) is 49.4 Å². The number of piperidine rings is 1. The molecular formula is C18H26N2O2S. The van der Waals surface area contributed by atoms with Crippen molar-refractivity contribution >= 4 is 23.2 Å². The first kappa shape index (κ1) is 16.5. The van der Waals surface area contributed by atoms with Crippen LogP contribution in [0.25, 0.3) is 0 Å². The average Bonchev–Trinajstić information content (AvgIpc) is 3.10. The summed E-state index contributed by atoms with van der Waals surface area (Å²) in [5, 5.41) is 6.57. The van der Waals surface area contributed by atoms with Gasteiger partial charge < -0.3 is 10.2 Å².